The lowest BCUT2D eigenvalue weighted by molar-refractivity contribution is 0.0876. The summed E-state index contributed by atoms with van der Waals surface area (Å²) in [4.78, 5) is 21.7. The number of amides is 1. The first-order valence-electron chi connectivity index (χ1n) is 8.88. The van der Waals surface area contributed by atoms with Crippen molar-refractivity contribution >= 4 is 44.2 Å². The average molecular weight is 425 g/mol. The van der Waals surface area contributed by atoms with Gasteiger partial charge in [0.1, 0.15) is 10.7 Å². The molecular weight excluding hydrogens is 410 g/mol. The maximum Gasteiger partial charge on any atom is 0.269 e. The molecule has 3 heterocycles. The third-order valence-electron chi connectivity index (χ3n) is 4.69. The van der Waals surface area contributed by atoms with Crippen LogP contribution in [0.3, 0.4) is 0 Å². The van der Waals surface area contributed by atoms with Gasteiger partial charge < -0.3 is 0 Å². The number of hydrogen-bond acceptors (Lipinski definition) is 7. The van der Waals surface area contributed by atoms with Crippen LogP contribution >= 0.6 is 11.8 Å². The summed E-state index contributed by atoms with van der Waals surface area (Å²) in [5.41, 5.74) is 1.70. The smallest absolute Gasteiger partial charge is 0.268 e. The van der Waals surface area contributed by atoms with E-state index >= 15 is 0 Å². The molecule has 146 valence electrons. The van der Waals surface area contributed by atoms with Crippen LogP contribution in [-0.2, 0) is 10.0 Å². The summed E-state index contributed by atoms with van der Waals surface area (Å²) < 4.78 is 28.0. The number of para-hydroxylation sites is 1. The van der Waals surface area contributed by atoms with Crippen molar-refractivity contribution in [3.8, 4) is 0 Å². The van der Waals surface area contributed by atoms with Gasteiger partial charge in [-0.25, -0.2) is 22.7 Å². The highest BCUT2D eigenvalue weighted by molar-refractivity contribution is 7.99. The average Bonchev–Trinajstić information content (AvgIpc) is 3.20. The highest BCUT2D eigenvalue weighted by Gasteiger charge is 2.40. The number of carbonyl (C=O) groups is 1. The van der Waals surface area contributed by atoms with Crippen LogP contribution in [0.2, 0.25) is 0 Å². The molecule has 10 heteroatoms. The second-order valence-electron chi connectivity index (χ2n) is 6.53. The standard InChI is InChI=1S/C19H15N5O3S2/c1-12-20-17-13-6-2-4-8-15(13)21-19(24(17)22-12)28-11-10-23-18(25)14-7-3-5-9-16(14)29(23,26)27/h2-9H,10-11H2,1H3. The predicted octanol–water partition coefficient (Wildman–Crippen LogP) is 2.52. The molecule has 29 heavy (non-hydrogen) atoms. The molecule has 0 N–H and O–H groups in total. The fourth-order valence-electron chi connectivity index (χ4n) is 3.40. The molecule has 2 aromatic heterocycles. The van der Waals surface area contributed by atoms with Gasteiger partial charge in [-0.2, -0.15) is 4.52 Å². The molecule has 0 atom stereocenters. The molecular formula is C19H15N5O3S2. The van der Waals surface area contributed by atoms with E-state index in [9.17, 15) is 13.2 Å². The summed E-state index contributed by atoms with van der Waals surface area (Å²) in [5.74, 6) is 0.477. The highest BCUT2D eigenvalue weighted by Crippen LogP contribution is 2.31. The molecule has 4 aromatic rings. The van der Waals surface area contributed by atoms with Crippen molar-refractivity contribution in [1.29, 1.82) is 0 Å². The molecule has 0 unspecified atom stereocenters. The Labute approximate surface area is 170 Å². The number of benzene rings is 2. The largest absolute Gasteiger partial charge is 0.269 e. The number of aromatic nitrogens is 4. The third-order valence-corrected chi connectivity index (χ3v) is 7.44. The van der Waals surface area contributed by atoms with E-state index in [2.05, 4.69) is 15.1 Å². The Balaban J connectivity index is 1.44. The quantitative estimate of drug-likeness (QED) is 0.366. The second-order valence-corrected chi connectivity index (χ2v) is 9.43. The van der Waals surface area contributed by atoms with Crippen molar-refractivity contribution in [2.75, 3.05) is 12.3 Å². The minimum absolute atomic E-state index is 0.0458. The number of aryl methyl sites for hydroxylation is 1. The van der Waals surface area contributed by atoms with Crippen LogP contribution in [0, 0.1) is 6.92 Å². The molecule has 8 nitrogen and oxygen atoms in total. The van der Waals surface area contributed by atoms with Crippen LogP contribution < -0.4 is 0 Å². The second kappa shape index (κ2) is 6.53. The van der Waals surface area contributed by atoms with Crippen LogP contribution in [0.5, 0.6) is 0 Å². The van der Waals surface area contributed by atoms with Gasteiger partial charge in [-0.3, -0.25) is 4.79 Å². The van der Waals surface area contributed by atoms with Crippen molar-refractivity contribution in [2.45, 2.75) is 17.0 Å². The maximum atomic E-state index is 12.7. The molecule has 0 fully saturated rings. The summed E-state index contributed by atoms with van der Waals surface area (Å²) >= 11 is 1.34. The SMILES string of the molecule is Cc1nc2c3ccccc3nc(SCCN3C(=O)c4ccccc4S3(=O)=O)n2n1. The zero-order valence-electron chi connectivity index (χ0n) is 15.3. The Morgan fingerprint density at radius 2 is 1.79 bits per heavy atom. The van der Waals surface area contributed by atoms with Crippen LogP contribution in [0.4, 0.5) is 0 Å². The number of carbonyl (C=O) groups excluding carboxylic acids is 1. The summed E-state index contributed by atoms with van der Waals surface area (Å²) in [7, 11) is -3.81. The number of nitrogens with zero attached hydrogens (tertiary/aromatic N) is 5. The molecule has 1 aliphatic heterocycles. The van der Waals surface area contributed by atoms with E-state index in [-0.39, 0.29) is 17.0 Å². The van der Waals surface area contributed by atoms with Gasteiger partial charge in [-0.15, -0.1) is 5.10 Å². The first-order chi connectivity index (χ1) is 14.0. The van der Waals surface area contributed by atoms with Crippen LogP contribution in [0.1, 0.15) is 16.2 Å². The van der Waals surface area contributed by atoms with E-state index in [4.69, 9.17) is 0 Å². The van der Waals surface area contributed by atoms with E-state index in [0.29, 0.717) is 22.4 Å². The molecule has 0 spiro atoms. The Kier molecular flexibility index (Phi) is 4.07. The number of sulfonamides is 1. The summed E-state index contributed by atoms with van der Waals surface area (Å²) in [5, 5.41) is 5.90. The van der Waals surface area contributed by atoms with E-state index in [1.165, 1.54) is 23.9 Å². The third kappa shape index (κ3) is 2.78. The highest BCUT2D eigenvalue weighted by atomic mass is 32.2. The van der Waals surface area contributed by atoms with E-state index < -0.39 is 15.9 Å². The molecule has 0 saturated heterocycles. The fourth-order valence-corrected chi connectivity index (χ4v) is 5.95. The number of fused-ring (bicyclic) bond motifs is 4. The minimum atomic E-state index is -3.81. The van der Waals surface area contributed by atoms with Gasteiger partial charge in [0.2, 0.25) is 0 Å². The van der Waals surface area contributed by atoms with Crippen LogP contribution in [0.15, 0.2) is 58.6 Å². The number of rotatable bonds is 4. The fraction of sp³-hybridized carbons (Fsp3) is 0.158. The summed E-state index contributed by atoms with van der Waals surface area (Å²) in [6.07, 6.45) is 0. The van der Waals surface area contributed by atoms with E-state index in [1.807, 2.05) is 31.2 Å². The minimum Gasteiger partial charge on any atom is -0.268 e. The molecule has 1 amide bonds. The van der Waals surface area contributed by atoms with Crippen molar-refractivity contribution in [1.82, 2.24) is 23.9 Å². The van der Waals surface area contributed by atoms with Gasteiger partial charge >= 0.3 is 0 Å². The number of thioether (sulfide) groups is 1. The Hall–Kier alpha value is -2.98. The first-order valence-corrected chi connectivity index (χ1v) is 11.3. The van der Waals surface area contributed by atoms with Crippen molar-refractivity contribution in [3.05, 3.63) is 59.9 Å². The predicted molar refractivity (Wildman–Crippen MR) is 108 cm³/mol. The van der Waals surface area contributed by atoms with Gasteiger partial charge in [0, 0.05) is 17.7 Å². The zero-order chi connectivity index (χ0) is 20.2. The molecule has 0 bridgehead atoms. The number of hydrogen-bond donors (Lipinski definition) is 0. The molecule has 0 radical (unpaired) electrons. The molecule has 2 aromatic carbocycles. The molecule has 0 aliphatic carbocycles. The Bertz CT molecular complexity index is 1400. The van der Waals surface area contributed by atoms with E-state index in [1.54, 1.807) is 16.6 Å². The molecule has 5 rings (SSSR count). The van der Waals surface area contributed by atoms with Crippen molar-refractivity contribution in [2.24, 2.45) is 0 Å². The van der Waals surface area contributed by atoms with Gasteiger partial charge in [0.05, 0.1) is 11.1 Å². The lowest BCUT2D eigenvalue weighted by atomic mass is 10.2. The van der Waals surface area contributed by atoms with Gasteiger partial charge in [-0.05, 0) is 31.2 Å². The Morgan fingerprint density at radius 1 is 1.03 bits per heavy atom. The Morgan fingerprint density at radius 3 is 2.62 bits per heavy atom. The monoisotopic (exact) mass is 425 g/mol. The normalized spacial score (nSPS) is 15.3. The lowest BCUT2D eigenvalue weighted by Gasteiger charge is -2.14. The van der Waals surface area contributed by atoms with Crippen molar-refractivity contribution in [3.63, 3.8) is 0 Å². The molecule has 0 saturated carbocycles. The van der Waals surface area contributed by atoms with Crippen LogP contribution in [0.25, 0.3) is 16.6 Å². The topological polar surface area (TPSA) is 97.5 Å². The van der Waals surface area contributed by atoms with Gasteiger partial charge in [0.25, 0.3) is 15.9 Å². The van der Waals surface area contributed by atoms with Gasteiger partial charge in [0.15, 0.2) is 10.8 Å². The van der Waals surface area contributed by atoms with E-state index in [0.717, 1.165) is 15.2 Å². The van der Waals surface area contributed by atoms with Crippen molar-refractivity contribution < 1.29 is 13.2 Å². The summed E-state index contributed by atoms with van der Waals surface area (Å²) in [6.45, 7) is 1.85. The first kappa shape index (κ1) is 18.1. The van der Waals surface area contributed by atoms with Gasteiger partial charge in [-0.1, -0.05) is 36.0 Å². The lowest BCUT2D eigenvalue weighted by Crippen LogP contribution is -2.32. The van der Waals surface area contributed by atoms with Crippen LogP contribution in [-0.4, -0.2) is 50.5 Å². The zero-order valence-corrected chi connectivity index (χ0v) is 16.9. The maximum absolute atomic E-state index is 12.7. The summed E-state index contributed by atoms with van der Waals surface area (Å²) in [6, 6.07) is 13.9. The molecule has 1 aliphatic rings.